The molecule has 21 heavy (non-hydrogen) atoms. The minimum atomic E-state index is -0.279. The lowest BCUT2D eigenvalue weighted by Crippen LogP contribution is -2.46. The maximum atomic E-state index is 12.1. The summed E-state index contributed by atoms with van der Waals surface area (Å²) in [7, 11) is 0. The number of piperazine rings is 1. The molecule has 1 heterocycles. The molecule has 0 aromatic rings. The van der Waals surface area contributed by atoms with Crippen LogP contribution in [0.1, 0.15) is 32.6 Å². The van der Waals surface area contributed by atoms with Crippen molar-refractivity contribution in [2.24, 2.45) is 0 Å². The van der Waals surface area contributed by atoms with Gasteiger partial charge in [0, 0.05) is 45.3 Å². The highest BCUT2D eigenvalue weighted by Crippen LogP contribution is 2.18. The molecule has 0 unspecified atom stereocenters. The quantitative estimate of drug-likeness (QED) is 0.610. The Bertz CT molecular complexity index is 467. The highest BCUT2D eigenvalue weighted by molar-refractivity contribution is 5.97. The Kier molecular flexibility index (Phi) is 5.20. The maximum Gasteiger partial charge on any atom is 0.263 e. The lowest BCUT2D eigenvalue weighted by atomic mass is 10.2. The Labute approximate surface area is 125 Å². The van der Waals surface area contributed by atoms with Crippen molar-refractivity contribution in [2.75, 3.05) is 26.2 Å². The number of nitrogens with one attached hydrogen (secondary N) is 1. The fourth-order valence-corrected chi connectivity index (χ4v) is 2.82. The largest absolute Gasteiger partial charge is 0.373 e. The average Bonchev–Trinajstić information content (AvgIpc) is 2.98. The van der Waals surface area contributed by atoms with Crippen LogP contribution < -0.4 is 5.32 Å². The molecule has 2 aliphatic rings. The van der Waals surface area contributed by atoms with E-state index in [1.807, 2.05) is 11.0 Å². The molecule has 0 atom stereocenters. The SMILES string of the molecule is CC(=O)N1CCN(/C=C(/C#N)C(=O)NC2CCCC2)CC1. The molecule has 1 saturated heterocycles. The summed E-state index contributed by atoms with van der Waals surface area (Å²) in [5.74, 6) is -0.212. The second-order valence-corrected chi connectivity index (χ2v) is 5.65. The minimum absolute atomic E-state index is 0.0677. The summed E-state index contributed by atoms with van der Waals surface area (Å²) in [6, 6.07) is 2.20. The monoisotopic (exact) mass is 290 g/mol. The lowest BCUT2D eigenvalue weighted by molar-refractivity contribution is -0.130. The van der Waals surface area contributed by atoms with Crippen LogP contribution in [0.2, 0.25) is 0 Å². The number of carbonyl (C=O) groups excluding carboxylic acids is 2. The standard InChI is InChI=1S/C15H22N4O2/c1-12(20)19-8-6-18(7-9-19)11-13(10-16)15(21)17-14-4-2-3-5-14/h11,14H,2-9H2,1H3,(H,17,21)/b13-11-. The Morgan fingerprint density at radius 2 is 1.81 bits per heavy atom. The summed E-state index contributed by atoms with van der Waals surface area (Å²) in [4.78, 5) is 27.1. The molecule has 0 bridgehead atoms. The van der Waals surface area contributed by atoms with Crippen molar-refractivity contribution >= 4 is 11.8 Å². The van der Waals surface area contributed by atoms with Crippen molar-refractivity contribution in [1.29, 1.82) is 5.26 Å². The second-order valence-electron chi connectivity index (χ2n) is 5.65. The summed E-state index contributed by atoms with van der Waals surface area (Å²) in [5, 5.41) is 12.1. The minimum Gasteiger partial charge on any atom is -0.373 e. The first-order valence-electron chi connectivity index (χ1n) is 7.52. The molecule has 0 spiro atoms. The highest BCUT2D eigenvalue weighted by Gasteiger charge is 2.21. The highest BCUT2D eigenvalue weighted by atomic mass is 16.2. The third kappa shape index (κ3) is 4.22. The van der Waals surface area contributed by atoms with Crippen molar-refractivity contribution < 1.29 is 9.59 Å². The molecule has 6 nitrogen and oxygen atoms in total. The van der Waals surface area contributed by atoms with E-state index in [2.05, 4.69) is 5.32 Å². The van der Waals surface area contributed by atoms with Crippen LogP contribution in [-0.4, -0.2) is 53.8 Å². The third-order valence-electron chi connectivity index (χ3n) is 4.13. The van der Waals surface area contributed by atoms with Gasteiger partial charge < -0.3 is 15.1 Å². The molecule has 6 heteroatoms. The van der Waals surface area contributed by atoms with Gasteiger partial charge in [0.25, 0.3) is 5.91 Å². The van der Waals surface area contributed by atoms with Gasteiger partial charge in [0.05, 0.1) is 0 Å². The van der Waals surface area contributed by atoms with Crippen molar-refractivity contribution in [3.8, 4) is 6.07 Å². The molecular formula is C15H22N4O2. The van der Waals surface area contributed by atoms with Crippen LogP contribution >= 0.6 is 0 Å². The van der Waals surface area contributed by atoms with E-state index in [0.717, 1.165) is 25.7 Å². The third-order valence-corrected chi connectivity index (χ3v) is 4.13. The number of amides is 2. The van der Waals surface area contributed by atoms with Gasteiger partial charge in [-0.3, -0.25) is 9.59 Å². The smallest absolute Gasteiger partial charge is 0.263 e. The molecule has 0 aromatic carbocycles. The zero-order chi connectivity index (χ0) is 15.2. The van der Waals surface area contributed by atoms with Crippen LogP contribution in [0.15, 0.2) is 11.8 Å². The Hall–Kier alpha value is -2.03. The zero-order valence-electron chi connectivity index (χ0n) is 12.5. The van der Waals surface area contributed by atoms with Crippen LogP contribution in [0.25, 0.3) is 0 Å². The number of nitrogens with zero attached hydrogens (tertiary/aromatic N) is 3. The van der Waals surface area contributed by atoms with Crippen molar-refractivity contribution in [2.45, 2.75) is 38.6 Å². The molecule has 1 aliphatic heterocycles. The summed E-state index contributed by atoms with van der Waals surface area (Å²) in [5.41, 5.74) is 0.151. The Morgan fingerprint density at radius 1 is 1.19 bits per heavy atom. The first kappa shape index (κ1) is 15.4. The van der Waals surface area contributed by atoms with Crippen molar-refractivity contribution in [1.82, 2.24) is 15.1 Å². The van der Waals surface area contributed by atoms with E-state index in [9.17, 15) is 14.9 Å². The summed E-state index contributed by atoms with van der Waals surface area (Å²) >= 11 is 0. The van der Waals surface area contributed by atoms with Gasteiger partial charge >= 0.3 is 0 Å². The number of hydrogen-bond donors (Lipinski definition) is 1. The molecule has 1 N–H and O–H groups in total. The molecule has 0 radical (unpaired) electrons. The van der Waals surface area contributed by atoms with Crippen molar-refractivity contribution in [3.63, 3.8) is 0 Å². The first-order chi connectivity index (χ1) is 10.1. The number of rotatable bonds is 3. The fourth-order valence-electron chi connectivity index (χ4n) is 2.82. The molecule has 2 rings (SSSR count). The van der Waals surface area contributed by atoms with Gasteiger partial charge in [-0.1, -0.05) is 12.8 Å². The summed E-state index contributed by atoms with van der Waals surface area (Å²) in [6.07, 6.45) is 5.92. The van der Waals surface area contributed by atoms with Gasteiger partial charge in [0.2, 0.25) is 5.91 Å². The van der Waals surface area contributed by atoms with Crippen LogP contribution in [-0.2, 0) is 9.59 Å². The van der Waals surface area contributed by atoms with Gasteiger partial charge in [-0.05, 0) is 12.8 Å². The molecule has 1 aliphatic carbocycles. The predicted molar refractivity (Wildman–Crippen MR) is 77.9 cm³/mol. The topological polar surface area (TPSA) is 76.4 Å². The van der Waals surface area contributed by atoms with E-state index in [-0.39, 0.29) is 23.4 Å². The van der Waals surface area contributed by atoms with E-state index < -0.39 is 0 Å². The first-order valence-corrected chi connectivity index (χ1v) is 7.52. The van der Waals surface area contributed by atoms with E-state index in [4.69, 9.17) is 0 Å². The zero-order valence-corrected chi connectivity index (χ0v) is 12.5. The van der Waals surface area contributed by atoms with E-state index in [1.165, 1.54) is 0 Å². The van der Waals surface area contributed by atoms with Gasteiger partial charge in [0.15, 0.2) is 0 Å². The van der Waals surface area contributed by atoms with Crippen LogP contribution in [0.4, 0.5) is 0 Å². The van der Waals surface area contributed by atoms with Gasteiger partial charge in [0.1, 0.15) is 11.6 Å². The molecular weight excluding hydrogens is 268 g/mol. The number of hydrogen-bond acceptors (Lipinski definition) is 4. The van der Waals surface area contributed by atoms with Crippen LogP contribution in [0, 0.1) is 11.3 Å². The summed E-state index contributed by atoms with van der Waals surface area (Å²) < 4.78 is 0. The van der Waals surface area contributed by atoms with Gasteiger partial charge in [-0.2, -0.15) is 5.26 Å². The second kappa shape index (κ2) is 7.11. The van der Waals surface area contributed by atoms with Gasteiger partial charge in [-0.15, -0.1) is 0 Å². The maximum absolute atomic E-state index is 12.1. The Balaban J connectivity index is 1.89. The number of nitriles is 1. The normalized spacial score (nSPS) is 20.3. The molecule has 114 valence electrons. The van der Waals surface area contributed by atoms with Crippen molar-refractivity contribution in [3.05, 3.63) is 11.8 Å². The van der Waals surface area contributed by atoms with E-state index in [0.29, 0.717) is 26.2 Å². The molecule has 1 saturated carbocycles. The molecule has 0 aromatic heterocycles. The lowest BCUT2D eigenvalue weighted by Gasteiger charge is -2.33. The summed E-state index contributed by atoms with van der Waals surface area (Å²) in [6.45, 7) is 4.13. The van der Waals surface area contributed by atoms with E-state index in [1.54, 1.807) is 18.0 Å². The predicted octanol–water partition coefficient (Wildman–Crippen LogP) is 0.617. The molecule has 2 amide bonds. The Morgan fingerprint density at radius 3 is 2.33 bits per heavy atom. The van der Waals surface area contributed by atoms with E-state index >= 15 is 0 Å². The molecule has 2 fully saturated rings. The van der Waals surface area contributed by atoms with Gasteiger partial charge in [-0.25, -0.2) is 0 Å². The van der Waals surface area contributed by atoms with Crippen LogP contribution in [0.3, 0.4) is 0 Å². The van der Waals surface area contributed by atoms with Crippen LogP contribution in [0.5, 0.6) is 0 Å². The fraction of sp³-hybridized carbons (Fsp3) is 0.667. The average molecular weight is 290 g/mol. The number of carbonyl (C=O) groups is 2.